The van der Waals surface area contributed by atoms with Crippen LogP contribution in [0.15, 0.2) is 35.5 Å². The van der Waals surface area contributed by atoms with Crippen LogP contribution in [0.25, 0.3) is 22.1 Å². The van der Waals surface area contributed by atoms with Gasteiger partial charge >= 0.3 is 5.69 Å². The molecular weight excluding hydrogens is 366 g/mol. The van der Waals surface area contributed by atoms with Gasteiger partial charge in [-0.3, -0.25) is 4.57 Å². The lowest BCUT2D eigenvalue weighted by Gasteiger charge is -2.38. The van der Waals surface area contributed by atoms with Crippen LogP contribution in [0.4, 0.5) is 5.82 Å². The van der Waals surface area contributed by atoms with Gasteiger partial charge in [-0.05, 0) is 36.1 Å². The van der Waals surface area contributed by atoms with Crippen LogP contribution in [0.3, 0.4) is 0 Å². The van der Waals surface area contributed by atoms with Gasteiger partial charge in [-0.1, -0.05) is 6.92 Å². The summed E-state index contributed by atoms with van der Waals surface area (Å²) in [5.74, 6) is 1.13. The summed E-state index contributed by atoms with van der Waals surface area (Å²) in [7, 11) is 0. The van der Waals surface area contributed by atoms with Gasteiger partial charge in [-0.15, -0.1) is 0 Å². The molecule has 0 radical (unpaired) electrons. The standard InChI is InChI=1S/C18H18ClN7O/c1-10-4-7-25(14-3-6-21-17(19)24-14)9-13(10)26-15-11-2-5-20-16(11)22-8-12(15)23-18(26)27/h2-3,5-6,8,10,13H,4,7,9H2,1H3,(H,20,22)(H,23,27)/t10-,13+/m1/s1. The van der Waals surface area contributed by atoms with Gasteiger partial charge in [0.25, 0.3) is 0 Å². The Morgan fingerprint density at radius 1 is 1.30 bits per heavy atom. The van der Waals surface area contributed by atoms with Gasteiger partial charge in [-0.2, -0.15) is 0 Å². The monoisotopic (exact) mass is 383 g/mol. The zero-order chi connectivity index (χ0) is 18.5. The van der Waals surface area contributed by atoms with Crippen molar-refractivity contribution in [3.63, 3.8) is 0 Å². The summed E-state index contributed by atoms with van der Waals surface area (Å²) in [6.45, 7) is 3.73. The topological polar surface area (TPSA) is 95.5 Å². The third-order valence-corrected chi connectivity index (χ3v) is 5.63. The highest BCUT2D eigenvalue weighted by Gasteiger charge is 2.31. The number of aromatic nitrogens is 6. The van der Waals surface area contributed by atoms with Crippen LogP contribution in [0.5, 0.6) is 0 Å². The summed E-state index contributed by atoms with van der Waals surface area (Å²) < 4.78 is 1.88. The molecule has 138 valence electrons. The maximum atomic E-state index is 12.9. The van der Waals surface area contributed by atoms with Crippen molar-refractivity contribution in [2.45, 2.75) is 19.4 Å². The van der Waals surface area contributed by atoms with E-state index in [9.17, 15) is 4.79 Å². The number of nitrogens with zero attached hydrogens (tertiary/aromatic N) is 5. The first-order chi connectivity index (χ1) is 13.1. The highest BCUT2D eigenvalue weighted by Crippen LogP contribution is 2.32. The molecule has 2 N–H and O–H groups in total. The Balaban J connectivity index is 1.63. The Labute approximate surface area is 159 Å². The number of aromatic amines is 2. The molecule has 0 saturated carbocycles. The lowest BCUT2D eigenvalue weighted by atomic mass is 9.93. The molecule has 1 fully saturated rings. The number of piperidine rings is 1. The molecule has 2 atom stereocenters. The fourth-order valence-corrected chi connectivity index (χ4v) is 4.18. The van der Waals surface area contributed by atoms with Gasteiger partial charge in [0.1, 0.15) is 11.5 Å². The SMILES string of the molecule is C[C@@H]1CCN(c2ccnc(Cl)n2)C[C@@H]1n1c(=O)[nH]c2cnc3[nH]ccc3c21. The largest absolute Gasteiger partial charge is 0.354 e. The van der Waals surface area contributed by atoms with Crippen molar-refractivity contribution in [2.24, 2.45) is 5.92 Å². The first-order valence-electron chi connectivity index (χ1n) is 8.91. The normalized spacial score (nSPS) is 20.6. The number of hydrogen-bond acceptors (Lipinski definition) is 5. The van der Waals surface area contributed by atoms with Crippen molar-refractivity contribution in [1.82, 2.24) is 29.5 Å². The molecule has 0 aromatic carbocycles. The van der Waals surface area contributed by atoms with Crippen LogP contribution < -0.4 is 10.6 Å². The van der Waals surface area contributed by atoms with Crippen molar-refractivity contribution in [3.8, 4) is 0 Å². The van der Waals surface area contributed by atoms with Crippen LogP contribution >= 0.6 is 11.6 Å². The number of halogens is 1. The summed E-state index contributed by atoms with van der Waals surface area (Å²) in [4.78, 5) is 33.8. The third-order valence-electron chi connectivity index (χ3n) is 5.45. The van der Waals surface area contributed by atoms with Crippen molar-refractivity contribution < 1.29 is 0 Å². The van der Waals surface area contributed by atoms with Crippen molar-refractivity contribution in [2.75, 3.05) is 18.0 Å². The number of hydrogen-bond donors (Lipinski definition) is 2. The van der Waals surface area contributed by atoms with Crippen LogP contribution in [0.1, 0.15) is 19.4 Å². The molecule has 9 heteroatoms. The van der Waals surface area contributed by atoms with Crippen molar-refractivity contribution in [3.05, 3.63) is 46.5 Å². The average molecular weight is 384 g/mol. The van der Waals surface area contributed by atoms with Gasteiger partial charge in [0.2, 0.25) is 5.28 Å². The van der Waals surface area contributed by atoms with Gasteiger partial charge in [0.15, 0.2) is 0 Å². The van der Waals surface area contributed by atoms with Crippen LogP contribution in [-0.4, -0.2) is 42.6 Å². The fourth-order valence-electron chi connectivity index (χ4n) is 4.03. The van der Waals surface area contributed by atoms with E-state index < -0.39 is 0 Å². The van der Waals surface area contributed by atoms with E-state index in [0.29, 0.717) is 12.5 Å². The molecule has 0 aliphatic carbocycles. The Kier molecular flexibility index (Phi) is 3.68. The van der Waals surface area contributed by atoms with E-state index in [1.165, 1.54) is 0 Å². The molecule has 0 unspecified atom stereocenters. The molecular formula is C18H18ClN7O. The minimum atomic E-state index is -0.111. The van der Waals surface area contributed by atoms with E-state index in [2.05, 4.69) is 36.7 Å². The Morgan fingerprint density at radius 2 is 2.19 bits per heavy atom. The Morgan fingerprint density at radius 3 is 3.04 bits per heavy atom. The maximum Gasteiger partial charge on any atom is 0.326 e. The molecule has 5 rings (SSSR count). The molecule has 1 aliphatic heterocycles. The average Bonchev–Trinajstić information content (AvgIpc) is 3.25. The van der Waals surface area contributed by atoms with Crippen LogP contribution in [-0.2, 0) is 0 Å². The summed E-state index contributed by atoms with van der Waals surface area (Å²) in [6, 6.07) is 3.82. The minimum Gasteiger partial charge on any atom is -0.354 e. The fraction of sp³-hybridized carbons (Fsp3) is 0.333. The van der Waals surface area contributed by atoms with E-state index >= 15 is 0 Å². The second-order valence-electron chi connectivity index (χ2n) is 7.02. The number of pyridine rings is 1. The second-order valence-corrected chi connectivity index (χ2v) is 7.36. The van der Waals surface area contributed by atoms with E-state index in [1.54, 1.807) is 12.4 Å². The highest BCUT2D eigenvalue weighted by molar-refractivity contribution is 6.28. The van der Waals surface area contributed by atoms with E-state index in [0.717, 1.165) is 40.9 Å². The highest BCUT2D eigenvalue weighted by atomic mass is 35.5. The lowest BCUT2D eigenvalue weighted by molar-refractivity contribution is 0.299. The molecule has 1 aliphatic rings. The molecule has 0 amide bonds. The van der Waals surface area contributed by atoms with Crippen molar-refractivity contribution in [1.29, 1.82) is 0 Å². The van der Waals surface area contributed by atoms with E-state index in [4.69, 9.17) is 11.6 Å². The second kappa shape index (κ2) is 6.09. The summed E-state index contributed by atoms with van der Waals surface area (Å²) in [5.41, 5.74) is 2.31. The number of anilines is 1. The number of rotatable bonds is 2. The smallest absolute Gasteiger partial charge is 0.326 e. The predicted octanol–water partition coefficient (Wildman–Crippen LogP) is 2.74. The van der Waals surface area contributed by atoms with Crippen molar-refractivity contribution >= 4 is 39.5 Å². The summed E-state index contributed by atoms with van der Waals surface area (Å²) in [6.07, 6.45) is 6.16. The quantitative estimate of drug-likeness (QED) is 0.519. The molecule has 0 spiro atoms. The molecule has 4 aromatic rings. The third kappa shape index (κ3) is 2.59. The van der Waals surface area contributed by atoms with Gasteiger partial charge in [0.05, 0.1) is 23.3 Å². The van der Waals surface area contributed by atoms with Gasteiger partial charge < -0.3 is 14.9 Å². The Hall–Kier alpha value is -2.87. The molecule has 8 nitrogen and oxygen atoms in total. The molecule has 1 saturated heterocycles. The summed E-state index contributed by atoms with van der Waals surface area (Å²) in [5, 5.41) is 1.17. The van der Waals surface area contributed by atoms with E-state index in [1.807, 2.05) is 22.9 Å². The zero-order valence-electron chi connectivity index (χ0n) is 14.7. The molecule has 5 heterocycles. The predicted molar refractivity (Wildman–Crippen MR) is 104 cm³/mol. The van der Waals surface area contributed by atoms with Crippen LogP contribution in [0, 0.1) is 5.92 Å². The maximum absolute atomic E-state index is 12.9. The van der Waals surface area contributed by atoms with Gasteiger partial charge in [-0.25, -0.2) is 19.7 Å². The first-order valence-corrected chi connectivity index (χ1v) is 9.29. The number of nitrogens with one attached hydrogen (secondary N) is 2. The van der Waals surface area contributed by atoms with E-state index in [-0.39, 0.29) is 17.0 Å². The molecule has 4 aromatic heterocycles. The minimum absolute atomic E-state index is 0.00856. The van der Waals surface area contributed by atoms with Gasteiger partial charge in [0, 0.05) is 30.9 Å². The van der Waals surface area contributed by atoms with Crippen LogP contribution in [0.2, 0.25) is 5.28 Å². The Bertz CT molecular complexity index is 1190. The first kappa shape index (κ1) is 16.3. The lowest BCUT2D eigenvalue weighted by Crippen LogP contribution is -2.43. The summed E-state index contributed by atoms with van der Waals surface area (Å²) >= 11 is 5.97. The number of H-pyrrole nitrogens is 2. The molecule has 0 bridgehead atoms. The number of imidazole rings is 1. The molecule has 27 heavy (non-hydrogen) atoms. The zero-order valence-corrected chi connectivity index (χ0v) is 15.4. The number of fused-ring (bicyclic) bond motifs is 3.